The number of nitrogens with zero attached hydrogens (tertiary/aromatic N) is 3. The van der Waals surface area contributed by atoms with Gasteiger partial charge in [-0.2, -0.15) is 5.10 Å². The van der Waals surface area contributed by atoms with E-state index < -0.39 is 11.0 Å². The van der Waals surface area contributed by atoms with Crippen LogP contribution in [-0.2, 0) is 7.05 Å². The summed E-state index contributed by atoms with van der Waals surface area (Å²) in [5, 5.41) is 26.6. The molecule has 0 saturated heterocycles. The van der Waals surface area contributed by atoms with E-state index in [0.717, 1.165) is 6.20 Å². The van der Waals surface area contributed by atoms with Crippen molar-refractivity contribution in [2.45, 2.75) is 6.10 Å². The number of likely N-dealkylation sites (N-methyl/N-ethyl adjacent to an activating group) is 1. The molecule has 2 N–H and O–H groups in total. The van der Waals surface area contributed by atoms with E-state index in [1.807, 2.05) is 0 Å². The lowest BCUT2D eigenvalue weighted by molar-refractivity contribution is -0.386. The smallest absolute Gasteiger partial charge is 0.312 e. The van der Waals surface area contributed by atoms with Crippen LogP contribution in [0, 0.1) is 10.1 Å². The molecule has 78 valence electrons. The highest BCUT2D eigenvalue weighted by Gasteiger charge is 2.24. The van der Waals surface area contributed by atoms with Crippen molar-refractivity contribution in [3.63, 3.8) is 0 Å². The van der Waals surface area contributed by atoms with Crippen molar-refractivity contribution in [2.75, 3.05) is 13.6 Å². The van der Waals surface area contributed by atoms with Gasteiger partial charge in [0.05, 0.1) is 4.92 Å². The number of aliphatic hydroxyl groups excluding tert-OH is 1. The van der Waals surface area contributed by atoms with E-state index in [-0.39, 0.29) is 17.9 Å². The molecule has 0 bridgehead atoms. The normalized spacial score (nSPS) is 12.8. The molecular formula is C7H12N4O3. The van der Waals surface area contributed by atoms with Crippen LogP contribution in [0.3, 0.4) is 0 Å². The molecular weight excluding hydrogens is 188 g/mol. The first-order valence-corrected chi connectivity index (χ1v) is 4.07. The zero-order valence-corrected chi connectivity index (χ0v) is 7.97. The lowest BCUT2D eigenvalue weighted by Gasteiger charge is -2.09. The number of rotatable bonds is 4. The predicted molar refractivity (Wildman–Crippen MR) is 48.7 cm³/mol. The lowest BCUT2D eigenvalue weighted by atomic mass is 10.2. The van der Waals surface area contributed by atoms with E-state index in [9.17, 15) is 15.2 Å². The Balaban J connectivity index is 3.04. The first-order chi connectivity index (χ1) is 6.57. The molecule has 0 fully saturated rings. The molecule has 1 atom stereocenters. The van der Waals surface area contributed by atoms with Gasteiger partial charge in [0.2, 0.25) is 0 Å². The van der Waals surface area contributed by atoms with Crippen LogP contribution < -0.4 is 5.32 Å². The Labute approximate surface area is 80.5 Å². The van der Waals surface area contributed by atoms with Gasteiger partial charge in [0.15, 0.2) is 0 Å². The topological polar surface area (TPSA) is 93.2 Å². The van der Waals surface area contributed by atoms with E-state index in [1.54, 1.807) is 14.1 Å². The van der Waals surface area contributed by atoms with Gasteiger partial charge in [-0.05, 0) is 7.05 Å². The van der Waals surface area contributed by atoms with Gasteiger partial charge in [-0.1, -0.05) is 0 Å². The van der Waals surface area contributed by atoms with Gasteiger partial charge < -0.3 is 10.4 Å². The minimum atomic E-state index is -0.923. The fourth-order valence-corrected chi connectivity index (χ4v) is 1.25. The van der Waals surface area contributed by atoms with Crippen LogP contribution in [0.15, 0.2) is 6.20 Å². The SMILES string of the molecule is CNCC(O)c1c([N+](=O)[O-])cnn1C. The zero-order valence-electron chi connectivity index (χ0n) is 7.97. The Kier molecular flexibility index (Phi) is 3.15. The maximum absolute atomic E-state index is 10.6. The number of aryl methyl sites for hydroxylation is 1. The molecule has 0 spiro atoms. The lowest BCUT2D eigenvalue weighted by Crippen LogP contribution is -2.19. The summed E-state index contributed by atoms with van der Waals surface area (Å²) in [4.78, 5) is 10.0. The minimum absolute atomic E-state index is 0.157. The van der Waals surface area contributed by atoms with E-state index in [0.29, 0.717) is 0 Å². The van der Waals surface area contributed by atoms with Gasteiger partial charge in [0.25, 0.3) is 0 Å². The first-order valence-electron chi connectivity index (χ1n) is 4.07. The molecule has 1 aromatic heterocycles. The summed E-state index contributed by atoms with van der Waals surface area (Å²) in [6, 6.07) is 0. The number of aromatic nitrogens is 2. The van der Waals surface area contributed by atoms with Gasteiger partial charge in [-0.3, -0.25) is 14.8 Å². The van der Waals surface area contributed by atoms with Crippen molar-refractivity contribution in [2.24, 2.45) is 7.05 Å². The summed E-state index contributed by atoms with van der Waals surface area (Å²) in [6.07, 6.45) is 0.210. The van der Waals surface area contributed by atoms with Crippen LogP contribution in [0.1, 0.15) is 11.8 Å². The second-order valence-corrected chi connectivity index (χ2v) is 2.87. The molecule has 0 aliphatic carbocycles. The highest BCUT2D eigenvalue weighted by Crippen LogP contribution is 2.23. The second-order valence-electron chi connectivity index (χ2n) is 2.87. The molecule has 0 radical (unpaired) electrons. The molecule has 0 amide bonds. The highest BCUT2D eigenvalue weighted by atomic mass is 16.6. The Morgan fingerprint density at radius 3 is 3.00 bits per heavy atom. The van der Waals surface area contributed by atoms with Crippen molar-refractivity contribution in [3.8, 4) is 0 Å². The minimum Gasteiger partial charge on any atom is -0.385 e. The summed E-state index contributed by atoms with van der Waals surface area (Å²) in [7, 11) is 3.21. The average Bonchev–Trinajstić information content (AvgIpc) is 2.47. The van der Waals surface area contributed by atoms with E-state index >= 15 is 0 Å². The van der Waals surface area contributed by atoms with Crippen molar-refractivity contribution >= 4 is 5.69 Å². The van der Waals surface area contributed by atoms with Gasteiger partial charge in [0.1, 0.15) is 18.0 Å². The maximum atomic E-state index is 10.6. The van der Waals surface area contributed by atoms with Crippen LogP contribution in [0.4, 0.5) is 5.69 Å². The van der Waals surface area contributed by atoms with Crippen LogP contribution in [0.25, 0.3) is 0 Å². The Bertz CT molecular complexity index is 336. The van der Waals surface area contributed by atoms with Crippen molar-refractivity contribution in [1.82, 2.24) is 15.1 Å². The number of aliphatic hydroxyl groups is 1. The molecule has 0 aromatic carbocycles. The summed E-state index contributed by atoms with van der Waals surface area (Å²) < 4.78 is 1.31. The zero-order chi connectivity index (χ0) is 10.7. The van der Waals surface area contributed by atoms with Gasteiger partial charge >= 0.3 is 5.69 Å². The quantitative estimate of drug-likeness (QED) is 0.508. The molecule has 7 heteroatoms. The molecule has 1 heterocycles. The number of nitro groups is 1. The third-order valence-corrected chi connectivity index (χ3v) is 1.87. The van der Waals surface area contributed by atoms with Gasteiger partial charge in [-0.25, -0.2) is 0 Å². The second kappa shape index (κ2) is 4.16. The predicted octanol–water partition coefficient (Wildman–Crippen LogP) is -0.419. The molecule has 1 rings (SSSR count). The van der Waals surface area contributed by atoms with Crippen molar-refractivity contribution in [1.29, 1.82) is 0 Å². The van der Waals surface area contributed by atoms with Crippen LogP contribution >= 0.6 is 0 Å². The Hall–Kier alpha value is -1.47. The Morgan fingerprint density at radius 1 is 1.86 bits per heavy atom. The third kappa shape index (κ3) is 1.88. The van der Waals surface area contributed by atoms with Gasteiger partial charge in [-0.15, -0.1) is 0 Å². The van der Waals surface area contributed by atoms with Crippen LogP contribution in [0.5, 0.6) is 0 Å². The first kappa shape index (κ1) is 10.6. The Morgan fingerprint density at radius 2 is 2.50 bits per heavy atom. The van der Waals surface area contributed by atoms with Gasteiger partial charge in [0, 0.05) is 13.6 Å². The number of nitrogens with one attached hydrogen (secondary N) is 1. The maximum Gasteiger partial charge on any atom is 0.312 e. The van der Waals surface area contributed by atoms with Crippen molar-refractivity contribution in [3.05, 3.63) is 22.0 Å². The number of hydrogen-bond donors (Lipinski definition) is 2. The highest BCUT2D eigenvalue weighted by molar-refractivity contribution is 5.34. The monoisotopic (exact) mass is 200 g/mol. The van der Waals surface area contributed by atoms with Crippen LogP contribution in [-0.4, -0.2) is 33.4 Å². The third-order valence-electron chi connectivity index (χ3n) is 1.87. The molecule has 0 aliphatic heterocycles. The molecule has 7 nitrogen and oxygen atoms in total. The standard InChI is InChI=1S/C7H12N4O3/c1-8-4-6(12)7-5(11(13)14)3-9-10(7)2/h3,6,8,12H,4H2,1-2H3. The fraction of sp³-hybridized carbons (Fsp3) is 0.571. The molecule has 0 aliphatic rings. The molecule has 1 aromatic rings. The summed E-state index contributed by atoms with van der Waals surface area (Å²) in [6.45, 7) is 0.250. The van der Waals surface area contributed by atoms with E-state index in [4.69, 9.17) is 0 Å². The number of hydrogen-bond acceptors (Lipinski definition) is 5. The fourth-order valence-electron chi connectivity index (χ4n) is 1.25. The molecule has 0 saturated carbocycles. The van der Waals surface area contributed by atoms with E-state index in [1.165, 1.54) is 4.68 Å². The van der Waals surface area contributed by atoms with Crippen molar-refractivity contribution < 1.29 is 10.0 Å². The van der Waals surface area contributed by atoms with E-state index in [2.05, 4.69) is 10.4 Å². The molecule has 1 unspecified atom stereocenters. The largest absolute Gasteiger partial charge is 0.385 e. The molecule has 14 heavy (non-hydrogen) atoms. The summed E-state index contributed by atoms with van der Waals surface area (Å²) in [5.74, 6) is 0. The average molecular weight is 200 g/mol. The van der Waals surface area contributed by atoms with Crippen LogP contribution in [0.2, 0.25) is 0 Å². The summed E-state index contributed by atoms with van der Waals surface area (Å²) in [5.41, 5.74) is 0.0552. The summed E-state index contributed by atoms with van der Waals surface area (Å²) >= 11 is 0.